The SMILES string of the molecule is CCn1cc(Cl)c(=S)[nH]1.Cc1c(C(F)(F)F)nc2c(c1NC(N)=O)CCC2. The van der Waals surface area contributed by atoms with Crippen LogP contribution in [0.4, 0.5) is 23.7 Å². The summed E-state index contributed by atoms with van der Waals surface area (Å²) in [5.41, 5.74) is 5.19. The third-order valence-electron chi connectivity index (χ3n) is 4.06. The number of aryl methyl sites for hydroxylation is 2. The molecule has 11 heteroatoms. The van der Waals surface area contributed by atoms with Crippen molar-refractivity contribution in [2.75, 3.05) is 5.32 Å². The van der Waals surface area contributed by atoms with E-state index in [1.54, 1.807) is 6.20 Å². The standard InChI is InChI=1S/C11H12F3N3O.C5H7ClN2S/c1-5-8(17-10(15)18)6-3-2-4-7(6)16-9(5)11(12,13)14;1-2-8-3-4(6)5(9)7-8/h2-4H2,1H3,(H3,15,16,17,18);3H,2H2,1H3,(H,7,9). The maximum atomic E-state index is 12.8. The molecule has 3 rings (SSSR count). The summed E-state index contributed by atoms with van der Waals surface area (Å²) in [6.07, 6.45) is -0.917. The van der Waals surface area contributed by atoms with E-state index in [4.69, 9.17) is 29.6 Å². The number of hydrogen-bond acceptors (Lipinski definition) is 3. The Morgan fingerprint density at radius 3 is 2.59 bits per heavy atom. The van der Waals surface area contributed by atoms with Gasteiger partial charge in [-0.3, -0.25) is 9.78 Å². The molecule has 0 unspecified atom stereocenters. The average molecular weight is 422 g/mol. The Labute approximate surface area is 163 Å². The summed E-state index contributed by atoms with van der Waals surface area (Å²) < 4.78 is 40.9. The van der Waals surface area contributed by atoms with Crippen LogP contribution >= 0.6 is 23.8 Å². The molecule has 2 aromatic rings. The molecule has 1 aliphatic carbocycles. The highest BCUT2D eigenvalue weighted by Gasteiger charge is 2.37. The van der Waals surface area contributed by atoms with Crippen molar-refractivity contribution in [1.82, 2.24) is 14.8 Å². The van der Waals surface area contributed by atoms with E-state index >= 15 is 0 Å². The van der Waals surface area contributed by atoms with Crippen LogP contribution in [0.1, 0.15) is 35.9 Å². The van der Waals surface area contributed by atoms with Crippen molar-refractivity contribution in [2.24, 2.45) is 5.73 Å². The highest BCUT2D eigenvalue weighted by Crippen LogP contribution is 2.38. The topological polar surface area (TPSA) is 88.7 Å². The largest absolute Gasteiger partial charge is 0.433 e. The number of alkyl halides is 3. The molecule has 1 aliphatic rings. The number of nitrogens with one attached hydrogen (secondary N) is 2. The Morgan fingerprint density at radius 2 is 2.15 bits per heavy atom. The monoisotopic (exact) mass is 421 g/mol. The van der Waals surface area contributed by atoms with Crippen LogP contribution in [0.15, 0.2) is 6.20 Å². The highest BCUT2D eigenvalue weighted by molar-refractivity contribution is 7.71. The number of primary amides is 1. The first-order chi connectivity index (χ1) is 12.5. The zero-order chi connectivity index (χ0) is 20.4. The third kappa shape index (κ3) is 5.01. The number of hydrogen-bond donors (Lipinski definition) is 3. The lowest BCUT2D eigenvalue weighted by Gasteiger charge is -2.17. The van der Waals surface area contributed by atoms with Crippen LogP contribution in [0, 0.1) is 11.6 Å². The molecule has 0 aliphatic heterocycles. The van der Waals surface area contributed by atoms with E-state index < -0.39 is 17.9 Å². The fraction of sp³-hybridized carbons (Fsp3) is 0.438. The number of anilines is 1. The summed E-state index contributed by atoms with van der Waals surface area (Å²) in [4.78, 5) is 14.6. The van der Waals surface area contributed by atoms with E-state index in [1.165, 1.54) is 6.92 Å². The van der Waals surface area contributed by atoms with Gasteiger partial charge in [-0.2, -0.15) is 13.2 Å². The van der Waals surface area contributed by atoms with Crippen LogP contribution in [-0.2, 0) is 25.6 Å². The molecule has 0 atom stereocenters. The van der Waals surface area contributed by atoms with Gasteiger partial charge in [-0.25, -0.2) is 9.78 Å². The molecule has 6 nitrogen and oxygen atoms in total. The molecule has 4 N–H and O–H groups in total. The normalized spacial score (nSPS) is 13.0. The second kappa shape index (κ2) is 8.30. The van der Waals surface area contributed by atoms with Crippen molar-refractivity contribution < 1.29 is 18.0 Å². The maximum absolute atomic E-state index is 12.8. The lowest BCUT2D eigenvalue weighted by molar-refractivity contribution is -0.141. The second-order valence-corrected chi connectivity index (χ2v) is 6.75. The summed E-state index contributed by atoms with van der Waals surface area (Å²) in [6, 6.07) is -0.869. The van der Waals surface area contributed by atoms with Gasteiger partial charge in [-0.15, -0.1) is 0 Å². The second-order valence-electron chi connectivity index (χ2n) is 5.93. The third-order valence-corrected chi connectivity index (χ3v) is 4.77. The molecule has 0 spiro atoms. The van der Waals surface area contributed by atoms with Crippen LogP contribution in [0.3, 0.4) is 0 Å². The van der Waals surface area contributed by atoms with Gasteiger partial charge in [0.25, 0.3) is 0 Å². The molecule has 2 amide bonds. The van der Waals surface area contributed by atoms with E-state index in [2.05, 4.69) is 15.4 Å². The summed E-state index contributed by atoms with van der Waals surface area (Å²) in [5.74, 6) is 0. The predicted octanol–water partition coefficient (Wildman–Crippen LogP) is 4.61. The van der Waals surface area contributed by atoms with Gasteiger partial charge < -0.3 is 11.1 Å². The van der Waals surface area contributed by atoms with Crippen LogP contribution in [0.2, 0.25) is 5.02 Å². The number of amides is 2. The molecular weight excluding hydrogens is 403 g/mol. The average Bonchev–Trinajstić information content (AvgIpc) is 3.16. The van der Waals surface area contributed by atoms with Crippen molar-refractivity contribution in [3.63, 3.8) is 0 Å². The Bertz CT molecular complexity index is 907. The van der Waals surface area contributed by atoms with Crippen LogP contribution in [0.5, 0.6) is 0 Å². The smallest absolute Gasteiger partial charge is 0.351 e. The van der Waals surface area contributed by atoms with Crippen molar-refractivity contribution >= 4 is 35.5 Å². The summed E-state index contributed by atoms with van der Waals surface area (Å²) in [5, 5.41) is 5.80. The minimum absolute atomic E-state index is 0.0815. The van der Waals surface area contributed by atoms with E-state index in [9.17, 15) is 18.0 Å². The van der Waals surface area contributed by atoms with E-state index in [1.807, 2.05) is 11.6 Å². The van der Waals surface area contributed by atoms with Gasteiger partial charge in [0.1, 0.15) is 10.3 Å². The number of H-pyrrole nitrogens is 1. The van der Waals surface area contributed by atoms with Crippen molar-refractivity contribution in [3.8, 4) is 0 Å². The number of pyridine rings is 1. The minimum Gasteiger partial charge on any atom is -0.351 e. The number of halogens is 4. The maximum Gasteiger partial charge on any atom is 0.433 e. The molecule has 0 radical (unpaired) electrons. The van der Waals surface area contributed by atoms with Crippen LogP contribution in [0.25, 0.3) is 0 Å². The number of aromatic nitrogens is 3. The molecule has 148 valence electrons. The van der Waals surface area contributed by atoms with Gasteiger partial charge in [-0.1, -0.05) is 23.8 Å². The van der Waals surface area contributed by atoms with Gasteiger partial charge >= 0.3 is 12.2 Å². The number of aromatic amines is 1. The highest BCUT2D eigenvalue weighted by atomic mass is 35.5. The fourth-order valence-corrected chi connectivity index (χ4v) is 3.16. The number of nitrogens with two attached hydrogens (primary N) is 1. The van der Waals surface area contributed by atoms with Crippen LogP contribution < -0.4 is 11.1 Å². The molecule has 2 heterocycles. The van der Waals surface area contributed by atoms with Gasteiger partial charge in [0.05, 0.1) is 10.7 Å². The van der Waals surface area contributed by atoms with E-state index in [0.29, 0.717) is 33.8 Å². The number of carbonyl (C=O) groups excluding carboxylic acids is 1. The Kier molecular flexibility index (Phi) is 6.53. The molecule has 0 bridgehead atoms. The first-order valence-corrected chi connectivity index (χ1v) is 8.94. The van der Waals surface area contributed by atoms with Crippen LogP contribution in [-0.4, -0.2) is 20.8 Å². The number of fused-ring (bicyclic) bond motifs is 1. The molecule has 0 fully saturated rings. The van der Waals surface area contributed by atoms with Gasteiger partial charge in [0.15, 0.2) is 0 Å². The molecule has 2 aromatic heterocycles. The lowest BCUT2D eigenvalue weighted by Crippen LogP contribution is -2.23. The minimum atomic E-state index is -4.53. The summed E-state index contributed by atoms with van der Waals surface area (Å²) >= 11 is 10.5. The lowest BCUT2D eigenvalue weighted by atomic mass is 10.1. The summed E-state index contributed by atoms with van der Waals surface area (Å²) in [7, 11) is 0. The van der Waals surface area contributed by atoms with Crippen molar-refractivity contribution in [3.05, 3.63) is 38.4 Å². The molecule has 0 saturated heterocycles. The van der Waals surface area contributed by atoms with E-state index in [-0.39, 0.29) is 11.3 Å². The number of nitrogens with zero attached hydrogens (tertiary/aromatic N) is 2. The first-order valence-electron chi connectivity index (χ1n) is 8.15. The van der Waals surface area contributed by atoms with Crippen molar-refractivity contribution in [1.29, 1.82) is 0 Å². The predicted molar refractivity (Wildman–Crippen MR) is 99.5 cm³/mol. The summed E-state index contributed by atoms with van der Waals surface area (Å²) in [6.45, 7) is 4.18. The quantitative estimate of drug-likeness (QED) is 0.619. The number of carbonyl (C=O) groups is 1. The fourth-order valence-electron chi connectivity index (χ4n) is 2.83. The molecule has 0 saturated carbocycles. The number of urea groups is 1. The number of rotatable bonds is 2. The molecule has 0 aromatic carbocycles. The van der Waals surface area contributed by atoms with Gasteiger partial charge in [0.2, 0.25) is 0 Å². The Hall–Kier alpha value is -2.07. The first kappa shape index (κ1) is 21.2. The van der Waals surface area contributed by atoms with E-state index in [0.717, 1.165) is 13.0 Å². The zero-order valence-electron chi connectivity index (χ0n) is 14.7. The Balaban J connectivity index is 0.000000244. The Morgan fingerprint density at radius 1 is 1.48 bits per heavy atom. The van der Waals surface area contributed by atoms with Gasteiger partial charge in [0, 0.05) is 24.0 Å². The molecular formula is C16H19ClF3N5OS. The molecule has 27 heavy (non-hydrogen) atoms. The zero-order valence-corrected chi connectivity index (χ0v) is 16.3. The van der Waals surface area contributed by atoms with Crippen molar-refractivity contribution in [2.45, 2.75) is 45.8 Å². The van der Waals surface area contributed by atoms with Gasteiger partial charge in [-0.05, 0) is 38.7 Å².